The summed E-state index contributed by atoms with van der Waals surface area (Å²) in [5, 5.41) is 11.1. The Morgan fingerprint density at radius 3 is 2.16 bits per heavy atom. The molecular weight excluding hydrogens is 265 g/mol. The molecule has 0 aliphatic heterocycles. The average molecular weight is 284 g/mol. The summed E-state index contributed by atoms with van der Waals surface area (Å²) < 4.78 is 37.1. The lowest BCUT2D eigenvalue weighted by atomic mass is 10.0. The van der Waals surface area contributed by atoms with Crippen LogP contribution < -0.4 is 5.32 Å². The molecule has 0 spiro atoms. The normalized spacial score (nSPS) is 13.3. The van der Waals surface area contributed by atoms with Crippen LogP contribution in [-0.4, -0.2) is 53.7 Å². The van der Waals surface area contributed by atoms with Crippen molar-refractivity contribution in [2.45, 2.75) is 33.0 Å². The van der Waals surface area contributed by atoms with Gasteiger partial charge in [-0.05, 0) is 5.92 Å². The largest absolute Gasteiger partial charge is 0.406 e. The van der Waals surface area contributed by atoms with Crippen LogP contribution in [0.5, 0.6) is 0 Å². The molecule has 0 saturated heterocycles. The van der Waals surface area contributed by atoms with Crippen LogP contribution in [0.1, 0.15) is 20.8 Å². The maximum Gasteiger partial charge on any atom is 0.406 e. The van der Waals surface area contributed by atoms with Gasteiger partial charge in [0.15, 0.2) is 0 Å². The molecule has 1 atom stereocenters. The second-order valence-electron chi connectivity index (χ2n) is 4.52. The maximum atomic E-state index is 12.4. The molecule has 1 unspecified atom stereocenters. The zero-order valence-electron chi connectivity index (χ0n) is 11.1. The molecule has 0 heterocycles. The van der Waals surface area contributed by atoms with Gasteiger partial charge < -0.3 is 15.3 Å². The Morgan fingerprint density at radius 1 is 1.32 bits per heavy atom. The number of nitrogens with zero attached hydrogens (tertiary/aromatic N) is 1. The molecule has 0 radical (unpaired) electrons. The van der Waals surface area contributed by atoms with E-state index in [-0.39, 0.29) is 5.92 Å². The summed E-state index contributed by atoms with van der Waals surface area (Å²) in [7, 11) is 0. The lowest BCUT2D eigenvalue weighted by molar-refractivity contribution is -0.164. The van der Waals surface area contributed by atoms with Crippen LogP contribution in [0.25, 0.3) is 0 Å². The summed E-state index contributed by atoms with van der Waals surface area (Å²) in [5.41, 5.74) is 0. The van der Waals surface area contributed by atoms with Crippen molar-refractivity contribution in [1.29, 1.82) is 0 Å². The molecule has 0 aliphatic carbocycles. The van der Waals surface area contributed by atoms with Crippen LogP contribution >= 0.6 is 0 Å². The monoisotopic (exact) mass is 284 g/mol. The van der Waals surface area contributed by atoms with Crippen molar-refractivity contribution in [2.75, 3.05) is 19.7 Å². The Kier molecular flexibility index (Phi) is 6.82. The molecule has 0 rings (SSSR count). The van der Waals surface area contributed by atoms with E-state index in [1.54, 1.807) is 13.8 Å². The van der Waals surface area contributed by atoms with E-state index in [1.165, 1.54) is 6.92 Å². The van der Waals surface area contributed by atoms with E-state index in [2.05, 4.69) is 5.32 Å². The summed E-state index contributed by atoms with van der Waals surface area (Å²) >= 11 is 0. The SMILES string of the molecule is CC(=O)NC(C(=O)N(CCO)CC(F)(F)F)C(C)C. The quantitative estimate of drug-likeness (QED) is 0.747. The van der Waals surface area contributed by atoms with E-state index in [4.69, 9.17) is 5.11 Å². The van der Waals surface area contributed by atoms with Crippen LogP contribution in [0.2, 0.25) is 0 Å². The van der Waals surface area contributed by atoms with Crippen LogP contribution in [0.15, 0.2) is 0 Å². The molecule has 2 amide bonds. The van der Waals surface area contributed by atoms with Gasteiger partial charge in [-0.3, -0.25) is 9.59 Å². The number of nitrogens with one attached hydrogen (secondary N) is 1. The Hall–Kier alpha value is -1.31. The van der Waals surface area contributed by atoms with Gasteiger partial charge in [0.25, 0.3) is 0 Å². The number of aliphatic hydroxyl groups is 1. The van der Waals surface area contributed by atoms with Gasteiger partial charge in [0, 0.05) is 13.5 Å². The van der Waals surface area contributed by atoms with E-state index in [1.807, 2.05) is 0 Å². The zero-order chi connectivity index (χ0) is 15.2. The van der Waals surface area contributed by atoms with Crippen LogP contribution in [-0.2, 0) is 9.59 Å². The highest BCUT2D eigenvalue weighted by molar-refractivity contribution is 5.87. The van der Waals surface area contributed by atoms with Crippen molar-refractivity contribution in [3.05, 3.63) is 0 Å². The number of hydrogen-bond acceptors (Lipinski definition) is 3. The molecule has 2 N–H and O–H groups in total. The van der Waals surface area contributed by atoms with Gasteiger partial charge in [-0.2, -0.15) is 13.2 Å². The predicted octanol–water partition coefficient (Wildman–Crippen LogP) is 0.530. The number of carbonyl (C=O) groups is 2. The highest BCUT2D eigenvalue weighted by atomic mass is 19.4. The topological polar surface area (TPSA) is 69.6 Å². The molecule has 0 aromatic carbocycles. The third-order valence-electron chi connectivity index (χ3n) is 2.34. The summed E-state index contributed by atoms with van der Waals surface area (Å²) in [4.78, 5) is 23.5. The highest BCUT2D eigenvalue weighted by Gasteiger charge is 2.36. The van der Waals surface area contributed by atoms with Crippen molar-refractivity contribution < 1.29 is 27.9 Å². The van der Waals surface area contributed by atoms with Gasteiger partial charge >= 0.3 is 6.18 Å². The molecule has 5 nitrogen and oxygen atoms in total. The number of alkyl halides is 3. The standard InChI is InChI=1S/C11H19F3N2O3/c1-7(2)9(15-8(3)18)10(19)16(4-5-17)6-11(12,13)14/h7,9,17H,4-6H2,1-3H3,(H,15,18). The average Bonchev–Trinajstić information content (AvgIpc) is 2.22. The minimum absolute atomic E-state index is 0.356. The molecule has 0 aliphatic rings. The molecule has 19 heavy (non-hydrogen) atoms. The van der Waals surface area contributed by atoms with Gasteiger partial charge in [0.2, 0.25) is 11.8 Å². The summed E-state index contributed by atoms with van der Waals surface area (Å²) in [5.74, 6) is -1.70. The summed E-state index contributed by atoms with van der Waals surface area (Å²) in [6.45, 7) is 1.96. The molecule has 0 aromatic rings. The number of rotatable bonds is 6. The Morgan fingerprint density at radius 2 is 1.84 bits per heavy atom. The van der Waals surface area contributed by atoms with Crippen molar-refractivity contribution in [3.63, 3.8) is 0 Å². The zero-order valence-corrected chi connectivity index (χ0v) is 11.1. The lowest BCUT2D eigenvalue weighted by Gasteiger charge is -2.29. The first kappa shape index (κ1) is 17.7. The number of aliphatic hydroxyl groups excluding tert-OH is 1. The minimum atomic E-state index is -4.55. The van der Waals surface area contributed by atoms with E-state index < -0.39 is 43.7 Å². The summed E-state index contributed by atoms with van der Waals surface area (Å²) in [6.07, 6.45) is -4.55. The van der Waals surface area contributed by atoms with Crippen molar-refractivity contribution in [1.82, 2.24) is 10.2 Å². The number of carbonyl (C=O) groups excluding carboxylic acids is 2. The lowest BCUT2D eigenvalue weighted by Crippen LogP contribution is -2.53. The van der Waals surface area contributed by atoms with Crippen LogP contribution in [0, 0.1) is 5.92 Å². The second-order valence-corrected chi connectivity index (χ2v) is 4.52. The molecule has 8 heteroatoms. The molecule has 0 bridgehead atoms. The van der Waals surface area contributed by atoms with E-state index in [9.17, 15) is 22.8 Å². The van der Waals surface area contributed by atoms with Gasteiger partial charge in [0.1, 0.15) is 12.6 Å². The van der Waals surface area contributed by atoms with Gasteiger partial charge in [-0.1, -0.05) is 13.8 Å². The molecular formula is C11H19F3N2O3. The van der Waals surface area contributed by atoms with E-state index >= 15 is 0 Å². The number of halogens is 3. The molecule has 112 valence electrons. The van der Waals surface area contributed by atoms with Crippen molar-refractivity contribution >= 4 is 11.8 Å². The minimum Gasteiger partial charge on any atom is -0.395 e. The predicted molar refractivity (Wildman–Crippen MR) is 62.2 cm³/mol. The molecule has 0 aromatic heterocycles. The van der Waals surface area contributed by atoms with Crippen LogP contribution in [0.4, 0.5) is 13.2 Å². The third kappa shape index (κ3) is 7.00. The second kappa shape index (κ2) is 7.32. The summed E-state index contributed by atoms with van der Waals surface area (Å²) in [6, 6.07) is -1.04. The van der Waals surface area contributed by atoms with E-state index in [0.29, 0.717) is 4.90 Å². The van der Waals surface area contributed by atoms with Crippen molar-refractivity contribution in [2.24, 2.45) is 5.92 Å². The molecule has 0 fully saturated rings. The van der Waals surface area contributed by atoms with E-state index in [0.717, 1.165) is 0 Å². The smallest absolute Gasteiger partial charge is 0.395 e. The first-order valence-electron chi connectivity index (χ1n) is 5.82. The van der Waals surface area contributed by atoms with Gasteiger partial charge in [0.05, 0.1) is 6.61 Å². The molecule has 0 saturated carbocycles. The van der Waals surface area contributed by atoms with Crippen LogP contribution in [0.3, 0.4) is 0 Å². The van der Waals surface area contributed by atoms with Gasteiger partial charge in [-0.15, -0.1) is 0 Å². The Labute approximate surface area is 109 Å². The first-order valence-corrected chi connectivity index (χ1v) is 5.82. The van der Waals surface area contributed by atoms with Gasteiger partial charge in [-0.25, -0.2) is 0 Å². The fourth-order valence-corrected chi connectivity index (χ4v) is 1.53. The highest BCUT2D eigenvalue weighted by Crippen LogP contribution is 2.18. The van der Waals surface area contributed by atoms with Crippen molar-refractivity contribution in [3.8, 4) is 0 Å². The number of amides is 2. The number of hydrogen-bond donors (Lipinski definition) is 2. The third-order valence-corrected chi connectivity index (χ3v) is 2.34. The first-order chi connectivity index (χ1) is 8.58. The Bertz CT molecular complexity index is 319. The maximum absolute atomic E-state index is 12.4. The Balaban J connectivity index is 4.97. The fourth-order valence-electron chi connectivity index (χ4n) is 1.53. The fraction of sp³-hybridized carbons (Fsp3) is 0.818.